The molecule has 6 aromatic rings. The minimum absolute atomic E-state index is 0.155. The van der Waals surface area contributed by atoms with Crippen LogP contribution in [0.4, 0.5) is 17.1 Å². The first-order valence-corrected chi connectivity index (χ1v) is 20.5. The summed E-state index contributed by atoms with van der Waals surface area (Å²) in [6.45, 7) is 4.85. The highest BCUT2D eigenvalue weighted by molar-refractivity contribution is 5.99. The van der Waals surface area contributed by atoms with E-state index < -0.39 is 0 Å². The number of para-hydroxylation sites is 1. The summed E-state index contributed by atoms with van der Waals surface area (Å²) >= 11 is 0. The maximum Gasteiger partial charge on any atom is 0.0543 e. The zero-order valence-corrected chi connectivity index (χ0v) is 31.4. The molecule has 10 rings (SSSR count). The van der Waals surface area contributed by atoms with Crippen molar-refractivity contribution in [2.24, 2.45) is 11.8 Å². The van der Waals surface area contributed by atoms with Crippen LogP contribution in [-0.2, 0) is 5.41 Å². The minimum atomic E-state index is -0.155. The van der Waals surface area contributed by atoms with Gasteiger partial charge in [-0.15, -0.1) is 0 Å². The molecule has 0 radical (unpaired) electrons. The summed E-state index contributed by atoms with van der Waals surface area (Å²) in [4.78, 5) is 2.61. The topological polar surface area (TPSA) is 3.24 Å². The first kappa shape index (κ1) is 32.7. The summed E-state index contributed by atoms with van der Waals surface area (Å²) in [7, 11) is 0. The summed E-state index contributed by atoms with van der Waals surface area (Å²) in [5.74, 6) is 3.13. The van der Waals surface area contributed by atoms with Crippen LogP contribution in [0.1, 0.15) is 106 Å². The van der Waals surface area contributed by atoms with Gasteiger partial charge in [0.25, 0.3) is 0 Å². The quantitative estimate of drug-likeness (QED) is 0.161. The van der Waals surface area contributed by atoms with E-state index in [4.69, 9.17) is 0 Å². The summed E-state index contributed by atoms with van der Waals surface area (Å²) < 4.78 is 0. The smallest absolute Gasteiger partial charge is 0.0543 e. The third kappa shape index (κ3) is 5.50. The van der Waals surface area contributed by atoms with E-state index in [1.165, 1.54) is 130 Å². The average molecular weight is 690 g/mol. The van der Waals surface area contributed by atoms with Crippen molar-refractivity contribution in [2.45, 2.75) is 88.9 Å². The first-order chi connectivity index (χ1) is 26.1. The van der Waals surface area contributed by atoms with Crippen molar-refractivity contribution in [3.8, 4) is 33.4 Å². The van der Waals surface area contributed by atoms with E-state index >= 15 is 0 Å². The Hall–Kier alpha value is -4.88. The van der Waals surface area contributed by atoms with Crippen LogP contribution in [0.5, 0.6) is 0 Å². The highest BCUT2D eigenvalue weighted by atomic mass is 15.1. The molecule has 0 spiro atoms. The molecule has 3 fully saturated rings. The predicted molar refractivity (Wildman–Crippen MR) is 224 cm³/mol. The van der Waals surface area contributed by atoms with Crippen molar-refractivity contribution in [1.29, 1.82) is 0 Å². The highest BCUT2D eigenvalue weighted by Gasteiger charge is 2.41. The second-order valence-corrected chi connectivity index (χ2v) is 17.1. The number of anilines is 3. The van der Waals surface area contributed by atoms with Crippen LogP contribution < -0.4 is 4.90 Å². The van der Waals surface area contributed by atoms with E-state index in [0.717, 1.165) is 11.8 Å². The Kier molecular flexibility index (Phi) is 8.16. The van der Waals surface area contributed by atoms with Crippen molar-refractivity contribution in [3.63, 3.8) is 0 Å². The Balaban J connectivity index is 1.21. The fourth-order valence-corrected chi connectivity index (χ4v) is 11.3. The summed E-state index contributed by atoms with van der Waals surface area (Å²) in [6, 6.07) is 53.5. The molecular formula is C52H51N. The molecule has 4 aliphatic carbocycles. The van der Waals surface area contributed by atoms with E-state index in [0.29, 0.717) is 11.8 Å². The maximum atomic E-state index is 2.61. The molecule has 1 nitrogen and oxygen atoms in total. The summed E-state index contributed by atoms with van der Waals surface area (Å²) in [6.07, 6.45) is 12.2. The van der Waals surface area contributed by atoms with E-state index in [2.05, 4.69) is 158 Å². The molecule has 0 amide bonds. The largest absolute Gasteiger partial charge is 0.309 e. The van der Waals surface area contributed by atoms with Crippen LogP contribution in [0.3, 0.4) is 0 Å². The lowest BCUT2D eigenvalue weighted by atomic mass is 9.78. The van der Waals surface area contributed by atoms with Gasteiger partial charge in [-0.1, -0.05) is 155 Å². The van der Waals surface area contributed by atoms with Gasteiger partial charge in [-0.05, 0) is 125 Å². The number of fused-ring (bicyclic) bond motifs is 5. The Morgan fingerprint density at radius 1 is 0.528 bits per heavy atom. The summed E-state index contributed by atoms with van der Waals surface area (Å²) in [5, 5.41) is 0. The van der Waals surface area contributed by atoms with Crippen molar-refractivity contribution >= 4 is 17.1 Å². The molecule has 0 N–H and O–H groups in total. The van der Waals surface area contributed by atoms with E-state index in [1.54, 1.807) is 0 Å². The summed E-state index contributed by atoms with van der Waals surface area (Å²) in [5.41, 5.74) is 17.4. The Labute approximate surface area is 316 Å². The van der Waals surface area contributed by atoms with Gasteiger partial charge in [0.1, 0.15) is 0 Å². The van der Waals surface area contributed by atoms with Gasteiger partial charge in [-0.25, -0.2) is 0 Å². The molecule has 4 aliphatic rings. The minimum Gasteiger partial charge on any atom is -0.309 e. The van der Waals surface area contributed by atoms with Gasteiger partial charge in [0, 0.05) is 22.2 Å². The van der Waals surface area contributed by atoms with Gasteiger partial charge >= 0.3 is 0 Å². The Bertz CT molecular complexity index is 2270. The van der Waals surface area contributed by atoms with Crippen molar-refractivity contribution < 1.29 is 0 Å². The average Bonchev–Trinajstić information content (AvgIpc) is 3.92. The second-order valence-electron chi connectivity index (χ2n) is 17.1. The number of hydrogen-bond acceptors (Lipinski definition) is 1. The van der Waals surface area contributed by atoms with Gasteiger partial charge < -0.3 is 4.90 Å². The number of rotatable bonds is 7. The molecule has 3 atom stereocenters. The molecule has 0 heterocycles. The fourth-order valence-electron chi connectivity index (χ4n) is 11.3. The van der Waals surface area contributed by atoms with Gasteiger partial charge in [0.15, 0.2) is 0 Å². The lowest BCUT2D eigenvalue weighted by Crippen LogP contribution is -2.19. The van der Waals surface area contributed by atoms with Crippen molar-refractivity contribution in [3.05, 3.63) is 162 Å². The molecule has 0 saturated heterocycles. The SMILES string of the molecule is CC1(C)c2ccccc2-c2ccc(N(c3ccc(C4CC5CCC4C5)cc3)c3ccccc3-c3ccccc3C3CCCCC3)c(-c3ccccc3)c21. The van der Waals surface area contributed by atoms with E-state index in [1.807, 2.05) is 0 Å². The fraction of sp³-hybridized carbons (Fsp3) is 0.308. The van der Waals surface area contributed by atoms with E-state index in [9.17, 15) is 0 Å². The number of benzene rings is 6. The first-order valence-electron chi connectivity index (χ1n) is 20.5. The second kappa shape index (κ2) is 13.2. The lowest BCUT2D eigenvalue weighted by Gasteiger charge is -2.34. The standard InChI is InChI=1S/C52H51N/c1-52(2)47-23-13-11-21-43(47)45-31-32-49(50(51(45)52)38-17-7-4-8-18-38)53(40-29-27-37(28-30-40)46-34-35-25-26-39(46)33-35)48-24-14-12-22-44(48)42-20-10-9-19-41(42)36-15-5-3-6-16-36/h4,7-14,17-24,27-32,35-36,39,46H,3,5-6,15-16,25-26,33-34H2,1-2H3. The predicted octanol–water partition coefficient (Wildman–Crippen LogP) is 14.7. The lowest BCUT2D eigenvalue weighted by molar-refractivity contribution is 0.420. The van der Waals surface area contributed by atoms with Gasteiger partial charge in [-0.2, -0.15) is 0 Å². The molecular weight excluding hydrogens is 639 g/mol. The zero-order chi connectivity index (χ0) is 35.5. The van der Waals surface area contributed by atoms with Crippen LogP contribution in [-0.4, -0.2) is 0 Å². The van der Waals surface area contributed by atoms with Gasteiger partial charge in [0.05, 0.1) is 11.4 Å². The van der Waals surface area contributed by atoms with E-state index in [-0.39, 0.29) is 5.41 Å². The molecule has 0 aliphatic heterocycles. The van der Waals surface area contributed by atoms with Crippen LogP contribution in [0.15, 0.2) is 140 Å². The Morgan fingerprint density at radius 3 is 1.98 bits per heavy atom. The molecule has 3 saturated carbocycles. The third-order valence-corrected chi connectivity index (χ3v) is 13.8. The normalized spacial score (nSPS) is 21.4. The molecule has 0 aromatic heterocycles. The molecule has 2 bridgehead atoms. The van der Waals surface area contributed by atoms with Crippen LogP contribution in [0.2, 0.25) is 0 Å². The molecule has 6 aromatic carbocycles. The third-order valence-electron chi connectivity index (χ3n) is 13.8. The van der Waals surface area contributed by atoms with Crippen LogP contribution in [0.25, 0.3) is 33.4 Å². The van der Waals surface area contributed by atoms with Crippen molar-refractivity contribution in [2.75, 3.05) is 4.90 Å². The number of nitrogens with zero attached hydrogens (tertiary/aromatic N) is 1. The monoisotopic (exact) mass is 689 g/mol. The molecule has 1 heteroatoms. The maximum absolute atomic E-state index is 2.61. The highest BCUT2D eigenvalue weighted by Crippen LogP contribution is 2.57. The number of hydrogen-bond donors (Lipinski definition) is 0. The molecule has 3 unspecified atom stereocenters. The Morgan fingerprint density at radius 2 is 1.23 bits per heavy atom. The molecule has 53 heavy (non-hydrogen) atoms. The zero-order valence-electron chi connectivity index (χ0n) is 31.4. The van der Waals surface area contributed by atoms with Crippen LogP contribution in [0, 0.1) is 11.8 Å². The van der Waals surface area contributed by atoms with Gasteiger partial charge in [-0.3, -0.25) is 0 Å². The van der Waals surface area contributed by atoms with Crippen molar-refractivity contribution in [1.82, 2.24) is 0 Å². The van der Waals surface area contributed by atoms with Gasteiger partial charge in [0.2, 0.25) is 0 Å². The molecule has 264 valence electrons. The van der Waals surface area contributed by atoms with Crippen LogP contribution >= 0.6 is 0 Å².